The lowest BCUT2D eigenvalue weighted by Crippen LogP contribution is -2.34. The summed E-state index contributed by atoms with van der Waals surface area (Å²) in [5.41, 5.74) is 0.628. The lowest BCUT2D eigenvalue weighted by atomic mass is 10.3. The number of anilines is 1. The van der Waals surface area contributed by atoms with Crippen molar-refractivity contribution in [2.45, 2.75) is 13.3 Å². The molecule has 0 heterocycles. The van der Waals surface area contributed by atoms with Gasteiger partial charge in [0.05, 0.1) is 13.4 Å². The van der Waals surface area contributed by atoms with Gasteiger partial charge in [0.25, 0.3) is 0 Å². The highest BCUT2D eigenvalue weighted by atomic mass is 32.2. The number of methoxy groups -OCH3 is 1. The number of ether oxygens (including phenoxy) is 1. The molecular weight excluding hydrogens is 306 g/mol. The molecule has 1 aromatic carbocycles. The second-order valence-electron chi connectivity index (χ2n) is 4.72. The monoisotopic (exact) mass is 329 g/mol. The van der Waals surface area contributed by atoms with Gasteiger partial charge in [-0.1, -0.05) is 13.0 Å². The van der Waals surface area contributed by atoms with E-state index in [1.165, 1.54) is 10.6 Å². The number of carbonyl (C=O) groups excluding carboxylic acids is 1. The normalized spacial score (nSPS) is 11.3. The van der Waals surface area contributed by atoms with E-state index in [0.717, 1.165) is 0 Å². The van der Waals surface area contributed by atoms with E-state index >= 15 is 0 Å². The molecule has 124 valence electrons. The van der Waals surface area contributed by atoms with Crippen molar-refractivity contribution >= 4 is 21.7 Å². The van der Waals surface area contributed by atoms with Gasteiger partial charge in [0, 0.05) is 31.4 Å². The predicted molar refractivity (Wildman–Crippen MR) is 86.7 cm³/mol. The van der Waals surface area contributed by atoms with Gasteiger partial charge in [-0.25, -0.2) is 17.5 Å². The van der Waals surface area contributed by atoms with Crippen LogP contribution in [0.15, 0.2) is 24.3 Å². The Labute approximate surface area is 131 Å². The third-order valence-electron chi connectivity index (χ3n) is 3.02. The van der Waals surface area contributed by atoms with Crippen LogP contribution >= 0.6 is 0 Å². The number of benzene rings is 1. The molecule has 0 atom stereocenters. The van der Waals surface area contributed by atoms with Gasteiger partial charge in [-0.05, 0) is 18.6 Å². The average Bonchev–Trinajstić information content (AvgIpc) is 2.46. The van der Waals surface area contributed by atoms with Crippen LogP contribution < -0.4 is 15.4 Å². The molecular formula is C14H23N3O4S. The van der Waals surface area contributed by atoms with Gasteiger partial charge < -0.3 is 15.4 Å². The summed E-state index contributed by atoms with van der Waals surface area (Å²) < 4.78 is 29.3. The summed E-state index contributed by atoms with van der Waals surface area (Å²) in [6.07, 6.45) is 1.73. The first-order valence-corrected chi connectivity index (χ1v) is 8.85. The van der Waals surface area contributed by atoms with Crippen molar-refractivity contribution in [1.82, 2.24) is 9.62 Å². The van der Waals surface area contributed by atoms with Crippen molar-refractivity contribution in [3.63, 3.8) is 0 Å². The van der Waals surface area contributed by atoms with Crippen LogP contribution in [0.2, 0.25) is 0 Å². The Morgan fingerprint density at radius 1 is 1.36 bits per heavy atom. The van der Waals surface area contributed by atoms with Gasteiger partial charge in [-0.2, -0.15) is 0 Å². The number of rotatable bonds is 8. The Morgan fingerprint density at radius 2 is 2.09 bits per heavy atom. The molecule has 0 unspecified atom stereocenters. The number of hydrogen-bond acceptors (Lipinski definition) is 4. The second kappa shape index (κ2) is 8.60. The van der Waals surface area contributed by atoms with Crippen molar-refractivity contribution in [2.75, 3.05) is 38.3 Å². The topological polar surface area (TPSA) is 87.7 Å². The van der Waals surface area contributed by atoms with E-state index in [9.17, 15) is 13.2 Å². The smallest absolute Gasteiger partial charge is 0.319 e. The van der Waals surface area contributed by atoms with Gasteiger partial charge in [0.1, 0.15) is 5.75 Å². The van der Waals surface area contributed by atoms with Crippen LogP contribution in [0, 0.1) is 0 Å². The van der Waals surface area contributed by atoms with E-state index in [-0.39, 0.29) is 6.03 Å². The van der Waals surface area contributed by atoms with Gasteiger partial charge in [-0.15, -0.1) is 0 Å². The molecule has 22 heavy (non-hydrogen) atoms. The fraction of sp³-hybridized carbons (Fsp3) is 0.500. The van der Waals surface area contributed by atoms with E-state index < -0.39 is 10.0 Å². The van der Waals surface area contributed by atoms with Gasteiger partial charge in [0.2, 0.25) is 10.0 Å². The summed E-state index contributed by atoms with van der Waals surface area (Å²) in [5.74, 6) is 0.657. The van der Waals surface area contributed by atoms with Crippen molar-refractivity contribution in [3.8, 4) is 5.75 Å². The molecule has 2 N–H and O–H groups in total. The molecule has 0 saturated carbocycles. The van der Waals surface area contributed by atoms with Gasteiger partial charge >= 0.3 is 6.03 Å². The number of nitrogens with one attached hydrogen (secondary N) is 2. The Hall–Kier alpha value is -1.80. The second-order valence-corrected chi connectivity index (χ2v) is 6.70. The summed E-state index contributed by atoms with van der Waals surface area (Å²) >= 11 is 0. The third-order valence-corrected chi connectivity index (χ3v) is 4.40. The van der Waals surface area contributed by atoms with Crippen molar-refractivity contribution in [1.29, 1.82) is 0 Å². The zero-order valence-corrected chi connectivity index (χ0v) is 13.9. The highest BCUT2D eigenvalue weighted by Gasteiger charge is 2.13. The maximum atomic E-state index is 11.7. The lowest BCUT2D eigenvalue weighted by Gasteiger charge is -2.17. The van der Waals surface area contributed by atoms with Gasteiger partial charge in [0.15, 0.2) is 0 Å². The minimum atomic E-state index is -3.18. The molecule has 0 radical (unpaired) electrons. The van der Waals surface area contributed by atoms with Crippen LogP contribution in [-0.4, -0.2) is 51.8 Å². The highest BCUT2D eigenvalue weighted by molar-refractivity contribution is 7.88. The molecule has 1 aromatic rings. The molecule has 0 aromatic heterocycles. The molecule has 1 rings (SSSR count). The molecule has 7 nitrogen and oxygen atoms in total. The molecule has 0 aliphatic carbocycles. The van der Waals surface area contributed by atoms with Crippen LogP contribution in [0.4, 0.5) is 10.5 Å². The highest BCUT2D eigenvalue weighted by Crippen LogP contribution is 2.16. The number of hydrogen-bond donors (Lipinski definition) is 2. The number of sulfonamides is 1. The SMILES string of the molecule is CCN(CCCNC(=O)Nc1cccc(OC)c1)S(C)(=O)=O. The Kier molecular flexibility index (Phi) is 7.13. The molecule has 0 fully saturated rings. The Bertz CT molecular complexity index is 590. The predicted octanol–water partition coefficient (Wildman–Crippen LogP) is 1.49. The van der Waals surface area contributed by atoms with Crippen LogP contribution in [0.5, 0.6) is 5.75 Å². The van der Waals surface area contributed by atoms with E-state index in [1.807, 2.05) is 0 Å². The molecule has 0 aliphatic rings. The first-order valence-electron chi connectivity index (χ1n) is 7.01. The standard InChI is InChI=1S/C14H23N3O4S/c1-4-17(22(3,19)20)10-6-9-15-14(18)16-12-7-5-8-13(11-12)21-2/h5,7-8,11H,4,6,9-10H2,1-3H3,(H2,15,16,18). The first-order chi connectivity index (χ1) is 10.4. The van der Waals surface area contributed by atoms with Crippen LogP contribution in [0.25, 0.3) is 0 Å². The van der Waals surface area contributed by atoms with E-state index in [4.69, 9.17) is 4.74 Å². The Morgan fingerprint density at radius 3 is 2.68 bits per heavy atom. The fourth-order valence-corrected chi connectivity index (χ4v) is 2.82. The zero-order chi connectivity index (χ0) is 16.6. The quantitative estimate of drug-likeness (QED) is 0.707. The summed E-state index contributed by atoms with van der Waals surface area (Å²) in [7, 11) is -1.62. The van der Waals surface area contributed by atoms with E-state index in [0.29, 0.717) is 37.5 Å². The number of urea groups is 1. The Balaban J connectivity index is 2.34. The number of carbonyl (C=O) groups is 1. The molecule has 0 saturated heterocycles. The molecule has 0 aliphatic heterocycles. The molecule has 0 bridgehead atoms. The summed E-state index contributed by atoms with van der Waals surface area (Å²) in [5, 5.41) is 5.37. The summed E-state index contributed by atoms with van der Waals surface area (Å²) in [6, 6.07) is 6.69. The van der Waals surface area contributed by atoms with Crippen molar-refractivity contribution in [3.05, 3.63) is 24.3 Å². The zero-order valence-electron chi connectivity index (χ0n) is 13.1. The first kappa shape index (κ1) is 18.2. The minimum Gasteiger partial charge on any atom is -0.497 e. The van der Waals surface area contributed by atoms with Crippen LogP contribution in [0.3, 0.4) is 0 Å². The average molecular weight is 329 g/mol. The maximum Gasteiger partial charge on any atom is 0.319 e. The lowest BCUT2D eigenvalue weighted by molar-refractivity contribution is 0.251. The molecule has 2 amide bonds. The van der Waals surface area contributed by atoms with Crippen molar-refractivity contribution < 1.29 is 17.9 Å². The minimum absolute atomic E-state index is 0.337. The van der Waals surface area contributed by atoms with Crippen LogP contribution in [-0.2, 0) is 10.0 Å². The van der Waals surface area contributed by atoms with E-state index in [1.54, 1.807) is 38.3 Å². The van der Waals surface area contributed by atoms with Gasteiger partial charge in [-0.3, -0.25) is 0 Å². The van der Waals surface area contributed by atoms with E-state index in [2.05, 4.69) is 10.6 Å². The number of amides is 2. The fourth-order valence-electron chi connectivity index (χ4n) is 1.89. The largest absolute Gasteiger partial charge is 0.497 e. The molecule has 8 heteroatoms. The third kappa shape index (κ3) is 6.31. The summed E-state index contributed by atoms with van der Waals surface area (Å²) in [4.78, 5) is 11.7. The maximum absolute atomic E-state index is 11.7. The number of nitrogens with zero attached hydrogens (tertiary/aromatic N) is 1. The summed E-state index contributed by atoms with van der Waals surface area (Å²) in [6.45, 7) is 2.98. The van der Waals surface area contributed by atoms with Crippen molar-refractivity contribution in [2.24, 2.45) is 0 Å². The molecule has 0 spiro atoms. The van der Waals surface area contributed by atoms with Crippen LogP contribution in [0.1, 0.15) is 13.3 Å².